The first-order valence-electron chi connectivity index (χ1n) is 3.50. The summed E-state index contributed by atoms with van der Waals surface area (Å²) in [6.45, 7) is 1.64. The zero-order valence-electron chi connectivity index (χ0n) is 6.77. The van der Waals surface area contributed by atoms with Crippen LogP contribution in [0.3, 0.4) is 0 Å². The molecule has 0 aromatic carbocycles. The van der Waals surface area contributed by atoms with Gasteiger partial charge in [-0.25, -0.2) is 4.98 Å². The Morgan fingerprint density at radius 3 is 2.62 bits per heavy atom. The number of aromatic amines is 1. The second-order valence-corrected chi connectivity index (χ2v) is 3.06. The second-order valence-electron chi connectivity index (χ2n) is 2.64. The number of nitrogens with zero attached hydrogens (tertiary/aromatic N) is 1. The Morgan fingerprint density at radius 1 is 1.54 bits per heavy atom. The van der Waals surface area contributed by atoms with E-state index in [9.17, 15) is 13.2 Å². The fraction of sp³-hybridized carbons (Fsp3) is 0.429. The second kappa shape index (κ2) is 3.45. The van der Waals surface area contributed by atoms with Gasteiger partial charge in [-0.3, -0.25) is 0 Å². The number of nitrogens with one attached hydrogen (secondary N) is 1. The van der Waals surface area contributed by atoms with Crippen LogP contribution in [0.15, 0.2) is 6.07 Å². The van der Waals surface area contributed by atoms with E-state index in [0.29, 0.717) is 5.69 Å². The lowest BCUT2D eigenvalue weighted by atomic mass is 10.3. The number of H-pyrrole nitrogens is 1. The molecule has 1 aromatic heterocycles. The minimum Gasteiger partial charge on any atom is -0.347 e. The first-order valence-corrected chi connectivity index (χ1v) is 3.91. The first kappa shape index (κ1) is 10.2. The third-order valence-corrected chi connectivity index (χ3v) is 1.50. The lowest BCUT2D eigenvalue weighted by Gasteiger charge is -2.05. The van der Waals surface area contributed by atoms with E-state index in [1.165, 1.54) is 6.07 Å². The summed E-state index contributed by atoms with van der Waals surface area (Å²) in [6.07, 6.45) is -5.32. The Morgan fingerprint density at radius 2 is 2.15 bits per heavy atom. The highest BCUT2D eigenvalue weighted by atomic mass is 32.1. The molecule has 1 rings (SSSR count). The molecular weight excluding hydrogens is 201 g/mol. The molecule has 0 radical (unpaired) electrons. The van der Waals surface area contributed by atoms with Gasteiger partial charge >= 0.3 is 6.18 Å². The third-order valence-electron chi connectivity index (χ3n) is 1.29. The number of hydrogen-bond acceptors (Lipinski definition) is 2. The van der Waals surface area contributed by atoms with Gasteiger partial charge in [-0.2, -0.15) is 13.2 Å². The van der Waals surface area contributed by atoms with E-state index in [1.54, 1.807) is 6.92 Å². The lowest BCUT2D eigenvalue weighted by molar-refractivity contribution is -0.128. The van der Waals surface area contributed by atoms with Crippen molar-refractivity contribution >= 4 is 12.2 Å². The molecule has 0 aliphatic carbocycles. The molecule has 0 aliphatic rings. The molecule has 1 heterocycles. The third kappa shape index (κ3) is 3.54. The maximum atomic E-state index is 11.9. The van der Waals surface area contributed by atoms with Crippen molar-refractivity contribution in [3.05, 3.63) is 22.2 Å². The highest BCUT2D eigenvalue weighted by molar-refractivity contribution is 7.71. The van der Waals surface area contributed by atoms with E-state index in [-0.39, 0.29) is 10.5 Å². The summed E-state index contributed by atoms with van der Waals surface area (Å²) in [5.41, 5.74) is 0.583. The first-order chi connectivity index (χ1) is 5.87. The van der Waals surface area contributed by atoms with Crippen LogP contribution in [0.1, 0.15) is 11.5 Å². The Balaban J connectivity index is 2.96. The molecule has 0 aliphatic heterocycles. The number of aromatic nitrogens is 2. The lowest BCUT2D eigenvalue weighted by Crippen LogP contribution is -2.14. The summed E-state index contributed by atoms with van der Waals surface area (Å²) in [5.74, 6) is -0.141. The van der Waals surface area contributed by atoms with Crippen molar-refractivity contribution in [2.75, 3.05) is 0 Å². The summed E-state index contributed by atoms with van der Waals surface area (Å²) in [7, 11) is 0. The topological polar surface area (TPSA) is 28.7 Å². The summed E-state index contributed by atoms with van der Waals surface area (Å²) < 4.78 is 35.9. The molecule has 0 spiro atoms. The maximum absolute atomic E-state index is 11.9. The quantitative estimate of drug-likeness (QED) is 0.718. The van der Waals surface area contributed by atoms with Gasteiger partial charge in [-0.15, -0.1) is 0 Å². The molecule has 0 bridgehead atoms. The number of aryl methyl sites for hydroxylation is 1. The Kier molecular flexibility index (Phi) is 2.70. The Hall–Kier alpha value is -0.910. The fourth-order valence-electron chi connectivity index (χ4n) is 0.916. The molecule has 13 heavy (non-hydrogen) atoms. The van der Waals surface area contributed by atoms with Crippen LogP contribution in [-0.4, -0.2) is 16.1 Å². The van der Waals surface area contributed by atoms with E-state index in [4.69, 9.17) is 0 Å². The van der Waals surface area contributed by atoms with Crippen LogP contribution in [0.5, 0.6) is 0 Å². The highest BCUT2D eigenvalue weighted by Crippen LogP contribution is 2.19. The number of halogens is 3. The van der Waals surface area contributed by atoms with Gasteiger partial charge < -0.3 is 4.98 Å². The predicted octanol–water partition coefficient (Wildman–Crippen LogP) is 2.55. The number of hydrogen-bond donors (Lipinski definition) is 1. The van der Waals surface area contributed by atoms with Gasteiger partial charge in [0, 0.05) is 5.69 Å². The van der Waals surface area contributed by atoms with Crippen LogP contribution in [0, 0.1) is 11.6 Å². The molecule has 1 aromatic rings. The molecule has 0 atom stereocenters. The summed E-state index contributed by atoms with van der Waals surface area (Å²) >= 11 is 4.68. The predicted molar refractivity (Wildman–Crippen MR) is 43.9 cm³/mol. The minimum atomic E-state index is -4.25. The van der Waals surface area contributed by atoms with Gasteiger partial charge in [0.2, 0.25) is 0 Å². The summed E-state index contributed by atoms with van der Waals surface area (Å²) in [4.78, 5) is 6.07. The van der Waals surface area contributed by atoms with Gasteiger partial charge in [-0.05, 0) is 13.0 Å². The van der Waals surface area contributed by atoms with E-state index in [1.807, 2.05) is 0 Å². The molecule has 2 nitrogen and oxygen atoms in total. The van der Waals surface area contributed by atoms with E-state index >= 15 is 0 Å². The molecular formula is C7H7F3N2S. The fourth-order valence-corrected chi connectivity index (χ4v) is 1.20. The normalized spacial score (nSPS) is 11.7. The number of alkyl halides is 3. The summed E-state index contributed by atoms with van der Waals surface area (Å²) in [6, 6.07) is 1.51. The SMILES string of the molecule is Cc1cc(=S)nc(CC(F)(F)F)[nH]1. The molecule has 0 unspecified atom stereocenters. The van der Waals surface area contributed by atoms with Gasteiger partial charge in [0.15, 0.2) is 0 Å². The molecule has 0 fully saturated rings. The molecule has 0 amide bonds. The molecule has 6 heteroatoms. The van der Waals surface area contributed by atoms with Gasteiger partial charge in [0.05, 0.1) is 0 Å². The average Bonchev–Trinajstić information content (AvgIpc) is 1.78. The standard InChI is InChI=1S/C7H7F3N2S/c1-4-2-6(13)12-5(11-4)3-7(8,9)10/h2H,3H2,1H3,(H,11,12,13). The molecule has 0 saturated carbocycles. The number of rotatable bonds is 1. The van der Waals surface area contributed by atoms with Crippen LogP contribution < -0.4 is 0 Å². The van der Waals surface area contributed by atoms with Gasteiger partial charge in [0.1, 0.15) is 16.9 Å². The Labute approximate surface area is 77.8 Å². The van der Waals surface area contributed by atoms with Crippen molar-refractivity contribution in [2.45, 2.75) is 19.5 Å². The average molecular weight is 208 g/mol. The zero-order valence-corrected chi connectivity index (χ0v) is 7.59. The molecule has 1 N–H and O–H groups in total. The van der Waals surface area contributed by atoms with E-state index in [2.05, 4.69) is 22.2 Å². The zero-order chi connectivity index (χ0) is 10.1. The Bertz CT molecular complexity index is 355. The van der Waals surface area contributed by atoms with Gasteiger partial charge in [-0.1, -0.05) is 12.2 Å². The molecule has 72 valence electrons. The van der Waals surface area contributed by atoms with Gasteiger partial charge in [0.25, 0.3) is 0 Å². The van der Waals surface area contributed by atoms with Crippen molar-refractivity contribution in [1.29, 1.82) is 0 Å². The van der Waals surface area contributed by atoms with Crippen molar-refractivity contribution in [3.8, 4) is 0 Å². The smallest absolute Gasteiger partial charge is 0.347 e. The van der Waals surface area contributed by atoms with Crippen LogP contribution in [-0.2, 0) is 6.42 Å². The van der Waals surface area contributed by atoms with E-state index in [0.717, 1.165) is 0 Å². The van der Waals surface area contributed by atoms with Crippen LogP contribution in [0.25, 0.3) is 0 Å². The van der Waals surface area contributed by atoms with Crippen LogP contribution in [0.4, 0.5) is 13.2 Å². The maximum Gasteiger partial charge on any atom is 0.396 e. The minimum absolute atomic E-state index is 0.141. The van der Waals surface area contributed by atoms with Crippen LogP contribution in [0.2, 0.25) is 0 Å². The monoisotopic (exact) mass is 208 g/mol. The van der Waals surface area contributed by atoms with E-state index < -0.39 is 12.6 Å². The molecule has 0 saturated heterocycles. The van der Waals surface area contributed by atoms with Crippen molar-refractivity contribution < 1.29 is 13.2 Å². The highest BCUT2D eigenvalue weighted by Gasteiger charge is 2.28. The summed E-state index contributed by atoms with van der Waals surface area (Å²) in [5, 5.41) is 0. The van der Waals surface area contributed by atoms with Crippen molar-refractivity contribution in [2.24, 2.45) is 0 Å². The van der Waals surface area contributed by atoms with Crippen LogP contribution >= 0.6 is 12.2 Å². The van der Waals surface area contributed by atoms with Crippen molar-refractivity contribution in [1.82, 2.24) is 9.97 Å². The largest absolute Gasteiger partial charge is 0.396 e. The van der Waals surface area contributed by atoms with Crippen molar-refractivity contribution in [3.63, 3.8) is 0 Å².